The Morgan fingerprint density at radius 1 is 1.29 bits per heavy atom. The molecule has 1 saturated carbocycles. The fourth-order valence-electron chi connectivity index (χ4n) is 2.14. The summed E-state index contributed by atoms with van der Waals surface area (Å²) in [6, 6.07) is 0. The van der Waals surface area contributed by atoms with Crippen LogP contribution in [0.2, 0.25) is 0 Å². The van der Waals surface area contributed by atoms with Crippen molar-refractivity contribution in [3.63, 3.8) is 0 Å². The number of sulfonamides is 1. The van der Waals surface area contributed by atoms with Crippen LogP contribution in [0.1, 0.15) is 46.0 Å². The van der Waals surface area contributed by atoms with Gasteiger partial charge < -0.3 is 5.11 Å². The fraction of sp³-hybridized carbons (Fsp3) is 0.909. The van der Waals surface area contributed by atoms with Gasteiger partial charge in [0.1, 0.15) is 5.54 Å². The van der Waals surface area contributed by atoms with Crippen LogP contribution in [-0.4, -0.2) is 30.8 Å². The van der Waals surface area contributed by atoms with E-state index in [1.807, 2.05) is 0 Å². The first kappa shape index (κ1) is 14.4. The summed E-state index contributed by atoms with van der Waals surface area (Å²) in [5.74, 6) is -0.945. The lowest BCUT2D eigenvalue weighted by Gasteiger charge is -2.25. The van der Waals surface area contributed by atoms with Crippen molar-refractivity contribution in [3.8, 4) is 0 Å². The molecule has 1 aliphatic rings. The number of rotatable bonds is 5. The summed E-state index contributed by atoms with van der Waals surface area (Å²) in [6.45, 7) is 2.71. The van der Waals surface area contributed by atoms with Gasteiger partial charge in [0.2, 0.25) is 10.0 Å². The van der Waals surface area contributed by atoms with Gasteiger partial charge in [0.05, 0.1) is 5.75 Å². The van der Waals surface area contributed by atoms with Crippen LogP contribution >= 0.6 is 0 Å². The van der Waals surface area contributed by atoms with Crippen molar-refractivity contribution < 1.29 is 18.3 Å². The first-order valence-electron chi connectivity index (χ1n) is 5.98. The molecule has 0 bridgehead atoms. The van der Waals surface area contributed by atoms with Crippen molar-refractivity contribution >= 4 is 16.0 Å². The molecular weight excluding hydrogens is 242 g/mol. The number of nitrogens with one attached hydrogen (secondary N) is 1. The van der Waals surface area contributed by atoms with Crippen LogP contribution in [0.5, 0.6) is 0 Å². The molecule has 5 nitrogen and oxygen atoms in total. The van der Waals surface area contributed by atoms with E-state index in [0.29, 0.717) is 0 Å². The highest BCUT2D eigenvalue weighted by Crippen LogP contribution is 2.25. The lowest BCUT2D eigenvalue weighted by molar-refractivity contribution is -0.142. The van der Waals surface area contributed by atoms with Crippen molar-refractivity contribution in [2.75, 3.05) is 5.75 Å². The van der Waals surface area contributed by atoms with Gasteiger partial charge >= 0.3 is 5.97 Å². The molecule has 6 heteroatoms. The Morgan fingerprint density at radius 3 is 2.29 bits per heavy atom. The standard InChI is InChI=1S/C11H21NO4S/c1-11(2,10(13)14)12-17(15,16)8-9-6-4-3-5-7-9/h9,12H,3-8H2,1-2H3,(H,13,14). The third-order valence-electron chi connectivity index (χ3n) is 3.13. The molecular formula is C11H21NO4S. The topological polar surface area (TPSA) is 83.5 Å². The molecule has 2 N–H and O–H groups in total. The Bertz CT molecular complexity index is 369. The van der Waals surface area contributed by atoms with Gasteiger partial charge in [0.25, 0.3) is 0 Å². The predicted molar refractivity (Wildman–Crippen MR) is 65.2 cm³/mol. The zero-order valence-electron chi connectivity index (χ0n) is 10.4. The van der Waals surface area contributed by atoms with Gasteiger partial charge in [-0.3, -0.25) is 4.79 Å². The van der Waals surface area contributed by atoms with Gasteiger partial charge in [0, 0.05) is 0 Å². The molecule has 1 aliphatic carbocycles. The van der Waals surface area contributed by atoms with Crippen LogP contribution in [-0.2, 0) is 14.8 Å². The SMILES string of the molecule is CC(C)(NS(=O)(=O)CC1CCCCC1)C(=O)O. The smallest absolute Gasteiger partial charge is 0.324 e. The first-order valence-corrected chi connectivity index (χ1v) is 7.63. The molecule has 0 atom stereocenters. The summed E-state index contributed by atoms with van der Waals surface area (Å²) < 4.78 is 25.9. The summed E-state index contributed by atoms with van der Waals surface area (Å²) in [6.07, 6.45) is 5.17. The van der Waals surface area contributed by atoms with E-state index in [1.54, 1.807) is 0 Å². The minimum Gasteiger partial charge on any atom is -0.480 e. The molecule has 0 spiro atoms. The van der Waals surface area contributed by atoms with Gasteiger partial charge in [-0.05, 0) is 32.6 Å². The fourth-order valence-corrected chi connectivity index (χ4v) is 4.04. The van der Waals surface area contributed by atoms with Gasteiger partial charge in [0.15, 0.2) is 0 Å². The molecule has 0 aromatic carbocycles. The number of carboxylic acids is 1. The van der Waals surface area contributed by atoms with Crippen molar-refractivity contribution in [1.29, 1.82) is 0 Å². The monoisotopic (exact) mass is 263 g/mol. The Balaban J connectivity index is 2.59. The summed E-state index contributed by atoms with van der Waals surface area (Å²) in [5.41, 5.74) is -1.44. The molecule has 0 heterocycles. The van der Waals surface area contributed by atoms with Gasteiger partial charge in [-0.2, -0.15) is 4.72 Å². The van der Waals surface area contributed by atoms with Gasteiger partial charge in [-0.25, -0.2) is 8.42 Å². The zero-order chi connectivity index (χ0) is 13.1. The molecule has 100 valence electrons. The Labute approximate surface area is 103 Å². The molecule has 0 aliphatic heterocycles. The van der Waals surface area contributed by atoms with E-state index in [0.717, 1.165) is 25.7 Å². The maximum atomic E-state index is 11.8. The van der Waals surface area contributed by atoms with Crippen LogP contribution in [0.4, 0.5) is 0 Å². The Morgan fingerprint density at radius 2 is 1.82 bits per heavy atom. The Hall–Kier alpha value is -0.620. The predicted octanol–water partition coefficient (Wildman–Crippen LogP) is 1.35. The molecule has 0 aromatic rings. The second-order valence-electron chi connectivity index (χ2n) is 5.32. The first-order chi connectivity index (χ1) is 7.73. The van der Waals surface area contributed by atoms with Crippen LogP contribution in [0, 0.1) is 5.92 Å². The number of carbonyl (C=O) groups is 1. The van der Waals surface area contributed by atoms with Crippen molar-refractivity contribution in [2.24, 2.45) is 5.92 Å². The third kappa shape index (κ3) is 4.63. The van der Waals surface area contributed by atoms with Crippen LogP contribution in [0.25, 0.3) is 0 Å². The minimum absolute atomic E-state index is 0.0453. The van der Waals surface area contributed by atoms with E-state index in [-0.39, 0.29) is 11.7 Å². The van der Waals surface area contributed by atoms with Crippen LogP contribution in [0.3, 0.4) is 0 Å². The van der Waals surface area contributed by atoms with Crippen LogP contribution < -0.4 is 4.72 Å². The molecule has 0 radical (unpaired) electrons. The number of aliphatic carboxylic acids is 1. The molecule has 17 heavy (non-hydrogen) atoms. The number of hydrogen-bond donors (Lipinski definition) is 2. The molecule has 0 aromatic heterocycles. The van der Waals surface area contributed by atoms with E-state index in [1.165, 1.54) is 20.3 Å². The number of carboxylic acid groups (broad SMARTS) is 1. The van der Waals surface area contributed by atoms with Crippen molar-refractivity contribution in [3.05, 3.63) is 0 Å². The number of hydrogen-bond acceptors (Lipinski definition) is 3. The largest absolute Gasteiger partial charge is 0.480 e. The van der Waals surface area contributed by atoms with Gasteiger partial charge in [-0.1, -0.05) is 19.3 Å². The maximum Gasteiger partial charge on any atom is 0.324 e. The minimum atomic E-state index is -3.51. The molecule has 1 fully saturated rings. The second-order valence-corrected chi connectivity index (χ2v) is 7.08. The van der Waals surface area contributed by atoms with Crippen molar-refractivity contribution in [2.45, 2.75) is 51.5 Å². The summed E-state index contributed by atoms with van der Waals surface area (Å²) in [5, 5.41) is 8.88. The van der Waals surface area contributed by atoms with Crippen LogP contribution in [0.15, 0.2) is 0 Å². The average Bonchev–Trinajstić information content (AvgIpc) is 2.16. The lowest BCUT2D eigenvalue weighted by atomic mass is 9.91. The maximum absolute atomic E-state index is 11.8. The summed E-state index contributed by atoms with van der Waals surface area (Å²) in [7, 11) is -3.51. The average molecular weight is 263 g/mol. The lowest BCUT2D eigenvalue weighted by Crippen LogP contribution is -2.50. The Kier molecular flexibility index (Phi) is 4.55. The highest BCUT2D eigenvalue weighted by atomic mass is 32.2. The molecule has 1 rings (SSSR count). The van der Waals surface area contributed by atoms with Gasteiger partial charge in [-0.15, -0.1) is 0 Å². The van der Waals surface area contributed by atoms with E-state index in [9.17, 15) is 13.2 Å². The van der Waals surface area contributed by atoms with E-state index in [4.69, 9.17) is 5.11 Å². The van der Waals surface area contributed by atoms with Crippen molar-refractivity contribution in [1.82, 2.24) is 4.72 Å². The summed E-state index contributed by atoms with van der Waals surface area (Å²) in [4.78, 5) is 10.9. The quantitative estimate of drug-likeness (QED) is 0.784. The van der Waals surface area contributed by atoms with E-state index < -0.39 is 21.5 Å². The van der Waals surface area contributed by atoms with E-state index in [2.05, 4.69) is 4.72 Å². The second kappa shape index (κ2) is 5.35. The third-order valence-corrected chi connectivity index (χ3v) is 4.86. The molecule has 0 saturated heterocycles. The highest BCUT2D eigenvalue weighted by molar-refractivity contribution is 7.89. The summed E-state index contributed by atoms with van der Waals surface area (Å²) >= 11 is 0. The zero-order valence-corrected chi connectivity index (χ0v) is 11.2. The van der Waals surface area contributed by atoms with E-state index >= 15 is 0 Å². The molecule has 0 unspecified atom stereocenters. The molecule has 0 amide bonds. The highest BCUT2D eigenvalue weighted by Gasteiger charge is 2.33. The normalized spacial score (nSPS) is 19.2.